The van der Waals surface area contributed by atoms with Crippen molar-refractivity contribution in [3.8, 4) is 0 Å². The van der Waals surface area contributed by atoms with Gasteiger partial charge in [0.25, 0.3) is 0 Å². The van der Waals surface area contributed by atoms with Crippen LogP contribution in [0.4, 0.5) is 0 Å². The van der Waals surface area contributed by atoms with Crippen molar-refractivity contribution < 1.29 is 0 Å². The summed E-state index contributed by atoms with van der Waals surface area (Å²) in [5.41, 5.74) is 0. The molecule has 0 heterocycles. The van der Waals surface area contributed by atoms with Crippen molar-refractivity contribution >= 4 is 36.8 Å². The van der Waals surface area contributed by atoms with Gasteiger partial charge in [-0.25, -0.2) is 0 Å². The summed E-state index contributed by atoms with van der Waals surface area (Å²) in [6.45, 7) is 2.17. The molecule has 0 fully saturated rings. The van der Waals surface area contributed by atoms with E-state index in [0.717, 1.165) is 17.4 Å². The van der Waals surface area contributed by atoms with Crippen molar-refractivity contribution in [1.82, 2.24) is 0 Å². The Morgan fingerprint density at radius 1 is 1.40 bits per heavy atom. The monoisotopic (exact) mass is 246 g/mol. The zero-order chi connectivity index (χ0) is 8.24. The molecule has 0 nitrogen and oxygen atoms in total. The fraction of sp³-hybridized carbons (Fsp3) is 1.00. The topological polar surface area (TPSA) is 0 Å². The summed E-state index contributed by atoms with van der Waals surface area (Å²) >= 11 is 8.61. The third kappa shape index (κ3) is 22.9. The predicted octanol–water partition coefficient (Wildman–Crippen LogP) is 3.67. The summed E-state index contributed by atoms with van der Waals surface area (Å²) in [5, 5.41) is 1.09. The molecule has 0 amide bonds. The van der Waals surface area contributed by atoms with Crippen LogP contribution in [0.1, 0.15) is 26.2 Å². The lowest BCUT2D eigenvalue weighted by molar-refractivity contribution is 0.776. The summed E-state index contributed by atoms with van der Waals surface area (Å²) in [5.74, 6) is 0.827. The fourth-order valence-corrected chi connectivity index (χ4v) is 0.533. The molecule has 64 valence electrons. The number of halogens is 2. The minimum Gasteiger partial charge on any atom is -0.137 e. The maximum atomic E-state index is 5.38. The second-order valence-electron chi connectivity index (χ2n) is 1.87. The average molecular weight is 248 g/mol. The molecule has 0 aromatic rings. The van der Waals surface area contributed by atoms with Crippen molar-refractivity contribution in [2.24, 2.45) is 0 Å². The van der Waals surface area contributed by atoms with E-state index in [4.69, 9.17) is 11.6 Å². The Hall–Kier alpha value is 1.20. The molecule has 0 aliphatic carbocycles. The Balaban J connectivity index is 0. The fourth-order valence-electron chi connectivity index (χ4n) is 0.344. The lowest BCUT2D eigenvalue weighted by atomic mass is 10.3. The smallest absolute Gasteiger partial charge is 0.0223 e. The average Bonchev–Trinajstić information content (AvgIpc) is 2.01. The Kier molecular flexibility index (Phi) is 22.9. The standard InChI is InChI=1S/C5H11Cl.C2H6BrP/c1-2-3-4-5-6;3-1-2-4/h2-5H2,1H3;1-2,4H2. The molecule has 1 atom stereocenters. The van der Waals surface area contributed by atoms with E-state index in [1.165, 1.54) is 19.3 Å². The Morgan fingerprint density at radius 2 is 1.90 bits per heavy atom. The molecule has 0 bridgehead atoms. The van der Waals surface area contributed by atoms with Gasteiger partial charge in [-0.15, -0.1) is 20.8 Å². The summed E-state index contributed by atoms with van der Waals surface area (Å²) in [6, 6.07) is 0. The van der Waals surface area contributed by atoms with Crippen LogP contribution in [0, 0.1) is 0 Å². The van der Waals surface area contributed by atoms with Gasteiger partial charge in [-0.3, -0.25) is 0 Å². The maximum absolute atomic E-state index is 5.38. The summed E-state index contributed by atoms with van der Waals surface area (Å²) < 4.78 is 0. The SMILES string of the molecule is CCCCCCl.PCCBr. The molecule has 0 aromatic heterocycles. The molecular weight excluding hydrogens is 230 g/mol. The molecule has 0 saturated heterocycles. The zero-order valence-corrected chi connectivity index (χ0v) is 10.1. The van der Waals surface area contributed by atoms with Gasteiger partial charge in [0.2, 0.25) is 0 Å². The highest BCUT2D eigenvalue weighted by Gasteiger charge is 1.76. The van der Waals surface area contributed by atoms with E-state index < -0.39 is 0 Å². The predicted molar refractivity (Wildman–Crippen MR) is 58.6 cm³/mol. The first-order valence-electron chi connectivity index (χ1n) is 3.65. The molecule has 0 aliphatic heterocycles. The third-order valence-corrected chi connectivity index (χ3v) is 2.71. The van der Waals surface area contributed by atoms with Crippen LogP contribution >= 0.6 is 36.8 Å². The quantitative estimate of drug-likeness (QED) is 0.404. The van der Waals surface area contributed by atoms with Gasteiger partial charge >= 0.3 is 0 Å². The van der Waals surface area contributed by atoms with E-state index in [2.05, 4.69) is 32.1 Å². The van der Waals surface area contributed by atoms with Crippen LogP contribution in [0.2, 0.25) is 0 Å². The highest BCUT2D eigenvalue weighted by molar-refractivity contribution is 9.09. The first kappa shape index (κ1) is 13.8. The zero-order valence-electron chi connectivity index (χ0n) is 6.58. The van der Waals surface area contributed by atoms with E-state index in [-0.39, 0.29) is 0 Å². The number of alkyl halides is 2. The number of unbranched alkanes of at least 4 members (excludes halogenated alkanes) is 2. The van der Waals surface area contributed by atoms with Gasteiger partial charge in [0, 0.05) is 11.2 Å². The number of rotatable bonds is 4. The van der Waals surface area contributed by atoms with Crippen LogP contribution in [0.25, 0.3) is 0 Å². The van der Waals surface area contributed by atoms with Crippen LogP contribution in [-0.2, 0) is 0 Å². The Labute approximate surface area is 80.4 Å². The van der Waals surface area contributed by atoms with Crippen molar-refractivity contribution in [3.05, 3.63) is 0 Å². The van der Waals surface area contributed by atoms with Gasteiger partial charge in [0.15, 0.2) is 0 Å². The largest absolute Gasteiger partial charge is 0.137 e. The van der Waals surface area contributed by atoms with Gasteiger partial charge in [-0.05, 0) is 12.6 Å². The van der Waals surface area contributed by atoms with Crippen LogP contribution in [0.5, 0.6) is 0 Å². The lowest BCUT2D eigenvalue weighted by Gasteiger charge is -1.84. The number of hydrogen-bond donors (Lipinski definition) is 0. The molecule has 0 rings (SSSR count). The van der Waals surface area contributed by atoms with Gasteiger partial charge in [-0.1, -0.05) is 35.7 Å². The maximum Gasteiger partial charge on any atom is 0.0223 e. The molecule has 0 aromatic carbocycles. The van der Waals surface area contributed by atoms with Crippen molar-refractivity contribution in [2.45, 2.75) is 26.2 Å². The van der Waals surface area contributed by atoms with Crippen LogP contribution in [-0.4, -0.2) is 17.4 Å². The van der Waals surface area contributed by atoms with E-state index in [1.54, 1.807) is 0 Å². The minimum absolute atomic E-state index is 0.827. The van der Waals surface area contributed by atoms with Gasteiger partial charge in [0.05, 0.1) is 0 Å². The van der Waals surface area contributed by atoms with E-state index in [0.29, 0.717) is 0 Å². The highest BCUT2D eigenvalue weighted by atomic mass is 79.9. The molecular formula is C7H17BrClP. The van der Waals surface area contributed by atoms with Gasteiger partial charge < -0.3 is 0 Å². The van der Waals surface area contributed by atoms with Crippen molar-refractivity contribution in [2.75, 3.05) is 17.4 Å². The van der Waals surface area contributed by atoms with Gasteiger partial charge in [0.1, 0.15) is 0 Å². The highest BCUT2D eigenvalue weighted by Crippen LogP contribution is 1.93. The normalized spacial score (nSPS) is 8.40. The molecule has 0 aliphatic rings. The second kappa shape index (κ2) is 16.7. The first-order chi connectivity index (χ1) is 4.83. The summed E-state index contributed by atoms with van der Waals surface area (Å²) in [7, 11) is 2.61. The van der Waals surface area contributed by atoms with Crippen LogP contribution < -0.4 is 0 Å². The lowest BCUT2D eigenvalue weighted by Crippen LogP contribution is -1.70. The Bertz CT molecular complexity index is 38.6. The van der Waals surface area contributed by atoms with Crippen LogP contribution in [0.3, 0.4) is 0 Å². The van der Waals surface area contributed by atoms with Crippen molar-refractivity contribution in [3.63, 3.8) is 0 Å². The van der Waals surface area contributed by atoms with E-state index in [1.807, 2.05) is 0 Å². The molecule has 0 N–H and O–H groups in total. The van der Waals surface area contributed by atoms with Crippen LogP contribution in [0.15, 0.2) is 0 Å². The number of hydrogen-bond acceptors (Lipinski definition) is 0. The Morgan fingerprint density at radius 3 is 2.00 bits per heavy atom. The second-order valence-corrected chi connectivity index (χ2v) is 3.62. The van der Waals surface area contributed by atoms with E-state index in [9.17, 15) is 0 Å². The van der Waals surface area contributed by atoms with Crippen molar-refractivity contribution in [1.29, 1.82) is 0 Å². The first-order valence-corrected chi connectivity index (χ1v) is 6.12. The third-order valence-electron chi connectivity index (χ3n) is 0.846. The molecule has 0 radical (unpaired) electrons. The van der Waals surface area contributed by atoms with E-state index >= 15 is 0 Å². The summed E-state index contributed by atoms with van der Waals surface area (Å²) in [4.78, 5) is 0. The molecule has 10 heavy (non-hydrogen) atoms. The molecule has 1 unspecified atom stereocenters. The minimum atomic E-state index is 0.827. The summed E-state index contributed by atoms with van der Waals surface area (Å²) in [6.07, 6.45) is 4.88. The van der Waals surface area contributed by atoms with Gasteiger partial charge in [-0.2, -0.15) is 0 Å². The molecule has 3 heteroatoms. The molecule has 0 spiro atoms. The molecule has 0 saturated carbocycles.